The number of anilines is 1. The first-order valence-corrected chi connectivity index (χ1v) is 8.02. The van der Waals surface area contributed by atoms with Crippen molar-refractivity contribution in [2.24, 2.45) is 0 Å². The van der Waals surface area contributed by atoms with Gasteiger partial charge in [-0.1, -0.05) is 18.2 Å². The molecule has 2 atom stereocenters. The SMILES string of the molecule is CC(NCCN1CCCc2ccccc21)C1CCCO1. The number of nitrogens with one attached hydrogen (secondary N) is 1. The lowest BCUT2D eigenvalue weighted by Crippen LogP contribution is -2.42. The van der Waals surface area contributed by atoms with Crippen molar-refractivity contribution in [1.82, 2.24) is 5.32 Å². The molecule has 1 N–H and O–H groups in total. The fourth-order valence-electron chi connectivity index (χ4n) is 3.40. The summed E-state index contributed by atoms with van der Waals surface area (Å²) in [7, 11) is 0. The fourth-order valence-corrected chi connectivity index (χ4v) is 3.40. The maximum atomic E-state index is 5.74. The van der Waals surface area contributed by atoms with E-state index in [0.717, 1.165) is 19.7 Å². The molecular formula is C17H26N2O. The van der Waals surface area contributed by atoms with Crippen molar-refractivity contribution in [2.45, 2.75) is 44.8 Å². The number of nitrogens with zero attached hydrogens (tertiary/aromatic N) is 1. The van der Waals surface area contributed by atoms with Gasteiger partial charge in [0, 0.05) is 38.0 Å². The number of para-hydroxylation sites is 1. The van der Waals surface area contributed by atoms with E-state index in [0.29, 0.717) is 12.1 Å². The highest BCUT2D eigenvalue weighted by Gasteiger charge is 2.22. The van der Waals surface area contributed by atoms with Crippen molar-refractivity contribution in [2.75, 3.05) is 31.1 Å². The first-order chi connectivity index (χ1) is 9.84. The van der Waals surface area contributed by atoms with E-state index >= 15 is 0 Å². The van der Waals surface area contributed by atoms with Crippen LogP contribution in [0.25, 0.3) is 0 Å². The van der Waals surface area contributed by atoms with Crippen LogP contribution in [0.5, 0.6) is 0 Å². The van der Waals surface area contributed by atoms with Gasteiger partial charge in [-0.3, -0.25) is 0 Å². The van der Waals surface area contributed by atoms with Gasteiger partial charge in [-0.2, -0.15) is 0 Å². The molecule has 2 unspecified atom stereocenters. The van der Waals surface area contributed by atoms with Crippen LogP contribution in [0.4, 0.5) is 5.69 Å². The van der Waals surface area contributed by atoms with Crippen LogP contribution in [0.2, 0.25) is 0 Å². The molecule has 1 fully saturated rings. The Bertz CT molecular complexity index is 429. The molecule has 1 saturated heterocycles. The van der Waals surface area contributed by atoms with Crippen LogP contribution in [0.3, 0.4) is 0 Å². The molecule has 2 aliphatic rings. The maximum Gasteiger partial charge on any atom is 0.0726 e. The summed E-state index contributed by atoms with van der Waals surface area (Å²) in [6, 6.07) is 9.30. The van der Waals surface area contributed by atoms with Crippen molar-refractivity contribution in [1.29, 1.82) is 0 Å². The topological polar surface area (TPSA) is 24.5 Å². The van der Waals surface area contributed by atoms with E-state index < -0.39 is 0 Å². The molecule has 3 heteroatoms. The van der Waals surface area contributed by atoms with Crippen LogP contribution in [0.15, 0.2) is 24.3 Å². The zero-order chi connectivity index (χ0) is 13.8. The van der Waals surface area contributed by atoms with E-state index in [4.69, 9.17) is 4.74 Å². The lowest BCUT2D eigenvalue weighted by Gasteiger charge is -2.32. The zero-order valence-electron chi connectivity index (χ0n) is 12.5. The Balaban J connectivity index is 1.49. The fraction of sp³-hybridized carbons (Fsp3) is 0.647. The molecule has 0 aromatic heterocycles. The number of fused-ring (bicyclic) bond motifs is 1. The van der Waals surface area contributed by atoms with Gasteiger partial charge in [-0.25, -0.2) is 0 Å². The summed E-state index contributed by atoms with van der Waals surface area (Å²) in [5.74, 6) is 0. The summed E-state index contributed by atoms with van der Waals surface area (Å²) in [6.45, 7) is 6.51. The second kappa shape index (κ2) is 6.59. The summed E-state index contributed by atoms with van der Waals surface area (Å²) >= 11 is 0. The molecule has 0 radical (unpaired) electrons. The zero-order valence-corrected chi connectivity index (χ0v) is 12.5. The van der Waals surface area contributed by atoms with Gasteiger partial charge in [0.25, 0.3) is 0 Å². The molecule has 110 valence electrons. The Morgan fingerprint density at radius 3 is 3.10 bits per heavy atom. The minimum Gasteiger partial charge on any atom is -0.377 e. The molecule has 2 aliphatic heterocycles. The molecule has 20 heavy (non-hydrogen) atoms. The monoisotopic (exact) mass is 274 g/mol. The van der Waals surface area contributed by atoms with Crippen molar-refractivity contribution in [3.8, 4) is 0 Å². The summed E-state index contributed by atoms with van der Waals surface area (Å²) in [6.07, 6.45) is 5.35. The van der Waals surface area contributed by atoms with Crippen molar-refractivity contribution in [3.63, 3.8) is 0 Å². The van der Waals surface area contributed by atoms with Crippen molar-refractivity contribution < 1.29 is 4.74 Å². The molecule has 1 aromatic carbocycles. The van der Waals surface area contributed by atoms with Gasteiger partial charge in [0.15, 0.2) is 0 Å². The van der Waals surface area contributed by atoms with E-state index in [2.05, 4.69) is 41.4 Å². The molecule has 0 spiro atoms. The van der Waals surface area contributed by atoms with Gasteiger partial charge in [-0.15, -0.1) is 0 Å². The van der Waals surface area contributed by atoms with Crippen LogP contribution in [0.1, 0.15) is 31.7 Å². The highest BCUT2D eigenvalue weighted by molar-refractivity contribution is 5.55. The Hall–Kier alpha value is -1.06. The first kappa shape index (κ1) is 13.9. The largest absolute Gasteiger partial charge is 0.377 e. The third-order valence-electron chi connectivity index (χ3n) is 4.58. The number of hydrogen-bond donors (Lipinski definition) is 1. The number of benzene rings is 1. The Kier molecular flexibility index (Phi) is 4.58. The molecule has 0 aliphatic carbocycles. The molecular weight excluding hydrogens is 248 g/mol. The second-order valence-corrected chi connectivity index (χ2v) is 6.01. The third kappa shape index (κ3) is 3.15. The molecule has 3 nitrogen and oxygen atoms in total. The highest BCUT2D eigenvalue weighted by atomic mass is 16.5. The van der Waals surface area contributed by atoms with E-state index in [-0.39, 0.29) is 0 Å². The van der Waals surface area contributed by atoms with Gasteiger partial charge in [-0.05, 0) is 44.2 Å². The van der Waals surface area contributed by atoms with E-state index in [1.807, 2.05) is 0 Å². The molecule has 1 aromatic rings. The second-order valence-electron chi connectivity index (χ2n) is 6.01. The van der Waals surface area contributed by atoms with Gasteiger partial charge < -0.3 is 15.0 Å². The summed E-state index contributed by atoms with van der Waals surface area (Å²) in [5.41, 5.74) is 2.94. The molecule has 0 amide bonds. The minimum absolute atomic E-state index is 0.420. The Labute approximate surface area is 122 Å². The Morgan fingerprint density at radius 2 is 2.25 bits per heavy atom. The maximum absolute atomic E-state index is 5.74. The molecule has 0 saturated carbocycles. The molecule has 2 heterocycles. The van der Waals surface area contributed by atoms with Crippen LogP contribution in [-0.4, -0.2) is 38.4 Å². The number of ether oxygens (including phenoxy) is 1. The van der Waals surface area contributed by atoms with Gasteiger partial charge in [0.1, 0.15) is 0 Å². The summed E-state index contributed by atoms with van der Waals surface area (Å²) < 4.78 is 5.74. The number of rotatable bonds is 5. The van der Waals surface area contributed by atoms with Crippen LogP contribution in [-0.2, 0) is 11.2 Å². The van der Waals surface area contributed by atoms with Gasteiger partial charge in [0.05, 0.1) is 6.10 Å². The normalized spacial score (nSPS) is 23.6. The van der Waals surface area contributed by atoms with Gasteiger partial charge >= 0.3 is 0 Å². The van der Waals surface area contributed by atoms with Crippen molar-refractivity contribution >= 4 is 5.69 Å². The van der Waals surface area contributed by atoms with E-state index in [9.17, 15) is 0 Å². The van der Waals surface area contributed by atoms with Gasteiger partial charge in [0.2, 0.25) is 0 Å². The van der Waals surface area contributed by atoms with Crippen LogP contribution in [0, 0.1) is 0 Å². The number of aryl methyl sites for hydroxylation is 1. The van der Waals surface area contributed by atoms with Crippen LogP contribution >= 0.6 is 0 Å². The standard InChI is InChI=1S/C17H26N2O/c1-14(17-9-5-13-20-17)18-10-12-19-11-4-7-15-6-2-3-8-16(15)19/h2-3,6,8,14,17-18H,4-5,7,9-13H2,1H3. The average Bonchev–Trinajstić information content (AvgIpc) is 3.02. The summed E-state index contributed by atoms with van der Waals surface area (Å²) in [5, 5.41) is 3.64. The predicted molar refractivity (Wildman–Crippen MR) is 83.4 cm³/mol. The predicted octanol–water partition coefficient (Wildman–Crippen LogP) is 2.60. The quantitative estimate of drug-likeness (QED) is 0.893. The minimum atomic E-state index is 0.420. The van der Waals surface area contributed by atoms with E-state index in [1.54, 1.807) is 0 Å². The first-order valence-electron chi connectivity index (χ1n) is 8.02. The third-order valence-corrected chi connectivity index (χ3v) is 4.58. The highest BCUT2D eigenvalue weighted by Crippen LogP contribution is 2.26. The number of hydrogen-bond acceptors (Lipinski definition) is 3. The molecule has 0 bridgehead atoms. The lowest BCUT2D eigenvalue weighted by molar-refractivity contribution is 0.0840. The Morgan fingerprint density at radius 1 is 1.35 bits per heavy atom. The van der Waals surface area contributed by atoms with Crippen LogP contribution < -0.4 is 10.2 Å². The average molecular weight is 274 g/mol. The summed E-state index contributed by atoms with van der Waals surface area (Å²) in [4.78, 5) is 2.52. The molecule has 3 rings (SSSR count). The lowest BCUT2D eigenvalue weighted by atomic mass is 10.0. The van der Waals surface area contributed by atoms with Crippen molar-refractivity contribution in [3.05, 3.63) is 29.8 Å². The smallest absolute Gasteiger partial charge is 0.0726 e. The van der Waals surface area contributed by atoms with E-state index in [1.165, 1.54) is 43.5 Å².